The van der Waals surface area contributed by atoms with E-state index in [4.69, 9.17) is 15.3 Å². The number of hydrogen-bond acceptors (Lipinski definition) is 5. The van der Waals surface area contributed by atoms with E-state index in [1.54, 1.807) is 0 Å². The van der Waals surface area contributed by atoms with Gasteiger partial charge >= 0.3 is 17.9 Å². The molecule has 3 atom stereocenters. The minimum Gasteiger partial charge on any atom is -0.481 e. The van der Waals surface area contributed by atoms with Crippen molar-refractivity contribution in [3.8, 4) is 0 Å². The molecule has 0 rings (SSSR count). The van der Waals surface area contributed by atoms with Crippen LogP contribution in [-0.4, -0.2) is 50.9 Å². The van der Waals surface area contributed by atoms with E-state index in [9.17, 15) is 19.2 Å². The number of carboxylic acids is 3. The normalized spacial score (nSPS) is 14.8. The van der Waals surface area contributed by atoms with Gasteiger partial charge in [-0.15, -0.1) is 0 Å². The Kier molecular flexibility index (Phi) is 8.44. The van der Waals surface area contributed by atoms with Gasteiger partial charge in [-0.25, -0.2) is 4.79 Å². The van der Waals surface area contributed by atoms with Gasteiger partial charge in [-0.3, -0.25) is 14.4 Å². The highest BCUT2D eigenvalue weighted by molar-refractivity contribution is 7.80. The molecule has 21 heavy (non-hydrogen) atoms. The average molecular weight is 321 g/mol. The fourth-order valence-electron chi connectivity index (χ4n) is 1.82. The Morgan fingerprint density at radius 1 is 1.05 bits per heavy atom. The van der Waals surface area contributed by atoms with E-state index in [2.05, 4.69) is 17.9 Å². The number of rotatable bonds is 10. The molecule has 0 heterocycles. The van der Waals surface area contributed by atoms with Crippen molar-refractivity contribution < 1.29 is 34.5 Å². The zero-order valence-corrected chi connectivity index (χ0v) is 12.4. The van der Waals surface area contributed by atoms with Gasteiger partial charge in [-0.1, -0.05) is 6.92 Å². The molecule has 2 unspecified atom stereocenters. The highest BCUT2D eigenvalue weighted by Crippen LogP contribution is 2.20. The van der Waals surface area contributed by atoms with Crippen molar-refractivity contribution in [1.82, 2.24) is 5.32 Å². The summed E-state index contributed by atoms with van der Waals surface area (Å²) in [4.78, 5) is 44.5. The molecule has 0 saturated carbocycles. The molecule has 0 aromatic heterocycles. The van der Waals surface area contributed by atoms with E-state index in [1.165, 1.54) is 6.92 Å². The molecule has 0 saturated heterocycles. The first-order valence-electron chi connectivity index (χ1n) is 6.26. The molecule has 0 bridgehead atoms. The molecule has 0 aromatic rings. The number of carboxylic acid groups (broad SMARTS) is 3. The Hall–Kier alpha value is -1.77. The summed E-state index contributed by atoms with van der Waals surface area (Å²) in [6.07, 6.45) is -0.861. The lowest BCUT2D eigenvalue weighted by atomic mass is 9.87. The molecule has 120 valence electrons. The Labute approximate surface area is 126 Å². The van der Waals surface area contributed by atoms with Gasteiger partial charge in [0.25, 0.3) is 0 Å². The van der Waals surface area contributed by atoms with Crippen molar-refractivity contribution in [3.63, 3.8) is 0 Å². The van der Waals surface area contributed by atoms with Crippen LogP contribution in [0.25, 0.3) is 0 Å². The standard InChI is InChI=1S/C12H19NO7S/c1-6(4-9(14)15)7(5-10(16)17)11(18)13-8(2-3-21)12(19)20/h6-8,21H,2-5H2,1H3,(H,13,18)(H,14,15)(H,16,17)(H,19,20)/t6?,7?,8-/m0/s1. The molecule has 0 fully saturated rings. The van der Waals surface area contributed by atoms with Crippen LogP contribution in [0.5, 0.6) is 0 Å². The van der Waals surface area contributed by atoms with Crippen molar-refractivity contribution in [2.24, 2.45) is 11.8 Å². The summed E-state index contributed by atoms with van der Waals surface area (Å²) in [5.41, 5.74) is 0. The van der Waals surface area contributed by atoms with Gasteiger partial charge in [0, 0.05) is 6.42 Å². The first-order chi connectivity index (χ1) is 9.68. The first-order valence-corrected chi connectivity index (χ1v) is 6.89. The second-order valence-electron chi connectivity index (χ2n) is 4.69. The van der Waals surface area contributed by atoms with Gasteiger partial charge in [0.2, 0.25) is 5.91 Å². The van der Waals surface area contributed by atoms with Crippen LogP contribution in [0.1, 0.15) is 26.2 Å². The predicted molar refractivity (Wildman–Crippen MR) is 75.2 cm³/mol. The maximum Gasteiger partial charge on any atom is 0.326 e. The fraction of sp³-hybridized carbons (Fsp3) is 0.667. The smallest absolute Gasteiger partial charge is 0.326 e. The van der Waals surface area contributed by atoms with Crippen LogP contribution in [0, 0.1) is 11.8 Å². The number of thiol groups is 1. The number of carbonyl (C=O) groups is 4. The Morgan fingerprint density at radius 3 is 1.95 bits per heavy atom. The van der Waals surface area contributed by atoms with Crippen molar-refractivity contribution in [2.75, 3.05) is 5.75 Å². The summed E-state index contributed by atoms with van der Waals surface area (Å²) in [6, 6.07) is -1.18. The summed E-state index contributed by atoms with van der Waals surface area (Å²) in [7, 11) is 0. The molecular weight excluding hydrogens is 302 g/mol. The van der Waals surface area contributed by atoms with Crippen LogP contribution in [-0.2, 0) is 19.2 Å². The Balaban J connectivity index is 4.96. The Morgan fingerprint density at radius 2 is 1.57 bits per heavy atom. The molecule has 4 N–H and O–H groups in total. The third kappa shape index (κ3) is 7.54. The lowest BCUT2D eigenvalue weighted by molar-refractivity contribution is -0.146. The zero-order chi connectivity index (χ0) is 16.6. The second-order valence-corrected chi connectivity index (χ2v) is 5.14. The summed E-state index contributed by atoms with van der Waals surface area (Å²) >= 11 is 3.88. The molecule has 0 spiro atoms. The molecule has 9 heteroatoms. The predicted octanol–water partition coefficient (Wildman–Crippen LogP) is 0.0774. The topological polar surface area (TPSA) is 141 Å². The van der Waals surface area contributed by atoms with Crippen LogP contribution in [0.2, 0.25) is 0 Å². The van der Waals surface area contributed by atoms with E-state index in [0.717, 1.165) is 0 Å². The highest BCUT2D eigenvalue weighted by atomic mass is 32.1. The molecule has 0 aliphatic rings. The third-order valence-corrected chi connectivity index (χ3v) is 3.21. The van der Waals surface area contributed by atoms with Crippen molar-refractivity contribution >= 4 is 36.4 Å². The Bertz CT molecular complexity index is 412. The number of hydrogen-bond donors (Lipinski definition) is 5. The van der Waals surface area contributed by atoms with E-state index >= 15 is 0 Å². The van der Waals surface area contributed by atoms with Crippen molar-refractivity contribution in [2.45, 2.75) is 32.2 Å². The SMILES string of the molecule is CC(CC(=O)O)C(CC(=O)O)C(=O)N[C@@H](CCS)C(=O)O. The quantitative estimate of drug-likeness (QED) is 0.359. The van der Waals surface area contributed by atoms with Crippen LogP contribution >= 0.6 is 12.6 Å². The minimum absolute atomic E-state index is 0.0806. The van der Waals surface area contributed by atoms with Gasteiger partial charge in [0.15, 0.2) is 0 Å². The van der Waals surface area contributed by atoms with Crippen LogP contribution in [0.4, 0.5) is 0 Å². The summed E-state index contributed by atoms with van der Waals surface area (Å²) in [5.74, 6) is -6.06. The summed E-state index contributed by atoms with van der Waals surface area (Å²) in [6.45, 7) is 1.44. The zero-order valence-electron chi connectivity index (χ0n) is 11.5. The maximum atomic E-state index is 12.0. The number of amides is 1. The van der Waals surface area contributed by atoms with Gasteiger partial charge in [-0.2, -0.15) is 12.6 Å². The molecule has 1 amide bonds. The number of aliphatic carboxylic acids is 3. The third-order valence-electron chi connectivity index (χ3n) is 2.95. The number of nitrogens with one attached hydrogen (secondary N) is 1. The molecule has 8 nitrogen and oxygen atoms in total. The van der Waals surface area contributed by atoms with E-state index in [-0.39, 0.29) is 18.6 Å². The lowest BCUT2D eigenvalue weighted by Gasteiger charge is -2.23. The van der Waals surface area contributed by atoms with Gasteiger partial charge in [0.1, 0.15) is 6.04 Å². The van der Waals surface area contributed by atoms with Gasteiger partial charge < -0.3 is 20.6 Å². The fourth-order valence-corrected chi connectivity index (χ4v) is 2.08. The second kappa shape index (κ2) is 9.22. The van der Waals surface area contributed by atoms with Crippen molar-refractivity contribution in [3.05, 3.63) is 0 Å². The molecule has 0 aliphatic heterocycles. The van der Waals surface area contributed by atoms with Crippen LogP contribution < -0.4 is 5.32 Å². The monoisotopic (exact) mass is 321 g/mol. The lowest BCUT2D eigenvalue weighted by Crippen LogP contribution is -2.46. The van der Waals surface area contributed by atoms with E-state index < -0.39 is 48.1 Å². The van der Waals surface area contributed by atoms with Gasteiger partial charge in [-0.05, 0) is 18.1 Å². The van der Waals surface area contributed by atoms with E-state index in [1.807, 2.05) is 0 Å². The summed E-state index contributed by atoms with van der Waals surface area (Å²) < 4.78 is 0. The minimum atomic E-state index is -1.26. The largest absolute Gasteiger partial charge is 0.481 e. The number of carbonyl (C=O) groups excluding carboxylic acids is 1. The molecule has 0 aromatic carbocycles. The summed E-state index contributed by atoms with van der Waals surface area (Å²) in [5, 5.41) is 28.7. The van der Waals surface area contributed by atoms with Crippen LogP contribution in [0.3, 0.4) is 0 Å². The molecule has 0 radical (unpaired) electrons. The van der Waals surface area contributed by atoms with Gasteiger partial charge in [0.05, 0.1) is 12.3 Å². The molecule has 0 aliphatic carbocycles. The first kappa shape index (κ1) is 19.2. The maximum absolute atomic E-state index is 12.0. The molecular formula is C12H19NO7S. The van der Waals surface area contributed by atoms with E-state index in [0.29, 0.717) is 0 Å². The van der Waals surface area contributed by atoms with Crippen LogP contribution in [0.15, 0.2) is 0 Å². The van der Waals surface area contributed by atoms with Crippen molar-refractivity contribution in [1.29, 1.82) is 0 Å². The average Bonchev–Trinajstić information content (AvgIpc) is 2.33. The highest BCUT2D eigenvalue weighted by Gasteiger charge is 2.31.